The van der Waals surface area contributed by atoms with E-state index in [1.54, 1.807) is 56.7 Å². The van der Waals surface area contributed by atoms with Crippen LogP contribution in [-0.4, -0.2) is 30.9 Å². The minimum Gasteiger partial charge on any atom is -0.493 e. The largest absolute Gasteiger partial charge is 0.493 e. The van der Waals surface area contributed by atoms with E-state index in [2.05, 4.69) is 16.4 Å². The topological polar surface area (TPSA) is 84.2 Å². The Morgan fingerprint density at radius 2 is 1.93 bits per heavy atom. The van der Waals surface area contributed by atoms with E-state index in [1.165, 1.54) is 11.8 Å². The Hall–Kier alpha value is -2.95. The zero-order valence-corrected chi connectivity index (χ0v) is 16.7. The number of methoxy groups -OCH3 is 2. The van der Waals surface area contributed by atoms with Gasteiger partial charge in [0.05, 0.1) is 41.8 Å². The second-order valence-corrected chi connectivity index (χ2v) is 7.04. The first-order valence-electron chi connectivity index (χ1n) is 8.19. The number of fused-ring (bicyclic) bond motifs is 1. The fourth-order valence-corrected chi connectivity index (χ4v) is 3.50. The van der Waals surface area contributed by atoms with Crippen LogP contribution < -0.4 is 14.8 Å². The lowest BCUT2D eigenvalue weighted by Crippen LogP contribution is -2.14. The van der Waals surface area contributed by atoms with Crippen molar-refractivity contribution in [2.24, 2.45) is 0 Å². The van der Waals surface area contributed by atoms with E-state index in [0.717, 1.165) is 5.39 Å². The van der Waals surface area contributed by atoms with Gasteiger partial charge in [-0.05, 0) is 24.3 Å². The number of nitriles is 1. The van der Waals surface area contributed by atoms with Crippen LogP contribution in [0.25, 0.3) is 10.9 Å². The number of para-hydroxylation sites is 1. The minimum atomic E-state index is -0.240. The maximum atomic E-state index is 12.2. The number of halogens is 1. The van der Waals surface area contributed by atoms with E-state index < -0.39 is 0 Å². The minimum absolute atomic E-state index is 0.0890. The fourth-order valence-electron chi connectivity index (χ4n) is 2.56. The summed E-state index contributed by atoms with van der Waals surface area (Å²) in [6, 6.07) is 14.3. The molecule has 0 aliphatic carbocycles. The Balaban J connectivity index is 1.83. The molecule has 8 heteroatoms. The summed E-state index contributed by atoms with van der Waals surface area (Å²) < 4.78 is 10.6. The molecule has 0 saturated heterocycles. The van der Waals surface area contributed by atoms with Gasteiger partial charge in [0.1, 0.15) is 11.1 Å². The van der Waals surface area contributed by atoms with Crippen molar-refractivity contribution in [3.05, 3.63) is 53.1 Å². The lowest BCUT2D eigenvalue weighted by atomic mass is 10.1. The van der Waals surface area contributed by atoms with Gasteiger partial charge in [0, 0.05) is 11.5 Å². The Kier molecular flexibility index (Phi) is 6.24. The molecule has 3 aromatic rings. The highest BCUT2D eigenvalue weighted by atomic mass is 35.5. The summed E-state index contributed by atoms with van der Waals surface area (Å²) in [5, 5.41) is 13.9. The van der Waals surface area contributed by atoms with Crippen molar-refractivity contribution in [3.8, 4) is 17.6 Å². The number of nitrogens with one attached hydrogen (secondary N) is 1. The summed E-state index contributed by atoms with van der Waals surface area (Å²) in [5.74, 6) is 0.946. The lowest BCUT2D eigenvalue weighted by Gasteiger charge is -2.11. The number of aromatic nitrogens is 1. The third-order valence-corrected chi connectivity index (χ3v) is 5.21. The van der Waals surface area contributed by atoms with Crippen LogP contribution in [0.15, 0.2) is 47.5 Å². The van der Waals surface area contributed by atoms with E-state index in [4.69, 9.17) is 21.1 Å². The monoisotopic (exact) mass is 413 g/mol. The molecule has 0 spiro atoms. The van der Waals surface area contributed by atoms with Gasteiger partial charge in [0.2, 0.25) is 5.91 Å². The Morgan fingerprint density at radius 1 is 1.21 bits per heavy atom. The molecule has 1 heterocycles. The summed E-state index contributed by atoms with van der Waals surface area (Å²) in [5.41, 5.74) is 1.57. The summed E-state index contributed by atoms with van der Waals surface area (Å²) in [6.45, 7) is 0. The molecule has 0 aliphatic heterocycles. The highest BCUT2D eigenvalue weighted by Crippen LogP contribution is 2.33. The van der Waals surface area contributed by atoms with Crippen LogP contribution in [0.4, 0.5) is 5.69 Å². The number of ether oxygens (including phenoxy) is 2. The third kappa shape index (κ3) is 4.30. The number of benzene rings is 2. The summed E-state index contributed by atoms with van der Waals surface area (Å²) in [7, 11) is 3.09. The SMILES string of the molecule is COc1cc2cc(C#N)c(SCC(=O)Nc3ccccc3Cl)nc2cc1OC. The van der Waals surface area contributed by atoms with Crippen molar-refractivity contribution < 1.29 is 14.3 Å². The van der Waals surface area contributed by atoms with Crippen molar-refractivity contribution >= 4 is 45.9 Å². The highest BCUT2D eigenvalue weighted by Gasteiger charge is 2.14. The molecule has 3 rings (SSSR count). The number of carbonyl (C=O) groups excluding carboxylic acids is 1. The van der Waals surface area contributed by atoms with Crippen LogP contribution in [0, 0.1) is 11.3 Å². The quantitative estimate of drug-likeness (QED) is 0.598. The van der Waals surface area contributed by atoms with Crippen molar-refractivity contribution in [2.45, 2.75) is 5.03 Å². The van der Waals surface area contributed by atoms with Crippen molar-refractivity contribution in [1.82, 2.24) is 4.98 Å². The van der Waals surface area contributed by atoms with E-state index in [1.807, 2.05) is 0 Å². The van der Waals surface area contributed by atoms with Gasteiger partial charge in [-0.15, -0.1) is 0 Å². The van der Waals surface area contributed by atoms with E-state index in [9.17, 15) is 10.1 Å². The normalized spacial score (nSPS) is 10.4. The maximum Gasteiger partial charge on any atom is 0.234 e. The van der Waals surface area contributed by atoms with Gasteiger partial charge in [-0.2, -0.15) is 5.26 Å². The van der Waals surface area contributed by atoms with Gasteiger partial charge < -0.3 is 14.8 Å². The van der Waals surface area contributed by atoms with Crippen LogP contribution in [0.5, 0.6) is 11.5 Å². The molecule has 28 heavy (non-hydrogen) atoms. The second-order valence-electron chi connectivity index (χ2n) is 5.67. The second kappa shape index (κ2) is 8.83. The molecule has 6 nitrogen and oxygen atoms in total. The summed E-state index contributed by atoms with van der Waals surface area (Å²) in [6.07, 6.45) is 0. The Bertz CT molecular complexity index is 1080. The van der Waals surface area contributed by atoms with Crippen LogP contribution in [0.1, 0.15) is 5.56 Å². The average molecular weight is 414 g/mol. The van der Waals surface area contributed by atoms with Gasteiger partial charge >= 0.3 is 0 Å². The smallest absolute Gasteiger partial charge is 0.234 e. The number of thioether (sulfide) groups is 1. The molecule has 1 N–H and O–H groups in total. The molecule has 0 saturated carbocycles. The molecule has 1 aromatic heterocycles. The number of pyridine rings is 1. The number of amides is 1. The van der Waals surface area contributed by atoms with E-state index >= 15 is 0 Å². The fraction of sp³-hybridized carbons (Fsp3) is 0.150. The van der Waals surface area contributed by atoms with Crippen LogP contribution >= 0.6 is 23.4 Å². The third-order valence-electron chi connectivity index (χ3n) is 3.89. The van der Waals surface area contributed by atoms with Crippen LogP contribution in [0.3, 0.4) is 0 Å². The first-order chi connectivity index (χ1) is 13.5. The van der Waals surface area contributed by atoms with Crippen LogP contribution in [-0.2, 0) is 4.79 Å². The number of hydrogen-bond donors (Lipinski definition) is 1. The summed E-state index contributed by atoms with van der Waals surface area (Å²) >= 11 is 7.24. The number of anilines is 1. The molecule has 0 atom stereocenters. The van der Waals surface area contributed by atoms with Gasteiger partial charge in [0.25, 0.3) is 0 Å². The predicted molar refractivity (Wildman–Crippen MR) is 110 cm³/mol. The van der Waals surface area contributed by atoms with Crippen molar-refractivity contribution in [1.29, 1.82) is 5.26 Å². The molecule has 0 unspecified atom stereocenters. The number of hydrogen-bond acceptors (Lipinski definition) is 6. The van der Waals surface area contributed by atoms with Gasteiger partial charge in [-0.1, -0.05) is 35.5 Å². The number of carbonyl (C=O) groups is 1. The Labute approximate surface area is 171 Å². The highest BCUT2D eigenvalue weighted by molar-refractivity contribution is 8.00. The molecule has 0 bridgehead atoms. The molecule has 2 aromatic carbocycles. The summed E-state index contributed by atoms with van der Waals surface area (Å²) in [4.78, 5) is 16.8. The molecular weight excluding hydrogens is 398 g/mol. The van der Waals surface area contributed by atoms with Gasteiger partial charge in [-0.3, -0.25) is 4.79 Å². The van der Waals surface area contributed by atoms with E-state index in [-0.39, 0.29) is 11.7 Å². The predicted octanol–water partition coefficient (Wildman–Crippen LogP) is 4.51. The van der Waals surface area contributed by atoms with Crippen molar-refractivity contribution in [3.63, 3.8) is 0 Å². The molecule has 0 aliphatic rings. The zero-order chi connectivity index (χ0) is 20.1. The zero-order valence-electron chi connectivity index (χ0n) is 15.2. The average Bonchev–Trinajstić information content (AvgIpc) is 2.72. The number of nitrogens with zero attached hydrogens (tertiary/aromatic N) is 2. The molecular formula is C20H16ClN3O3S. The molecule has 142 valence electrons. The standard InChI is InChI=1S/C20H16ClN3O3S/c1-26-17-8-12-7-13(10-22)20(24-16(12)9-18(17)27-2)28-11-19(25)23-15-6-4-3-5-14(15)21/h3-9H,11H2,1-2H3,(H,23,25). The first-order valence-corrected chi connectivity index (χ1v) is 9.56. The van der Waals surface area contributed by atoms with Crippen LogP contribution in [0.2, 0.25) is 5.02 Å². The molecule has 1 amide bonds. The van der Waals surface area contributed by atoms with E-state index in [0.29, 0.717) is 38.3 Å². The van der Waals surface area contributed by atoms with Gasteiger partial charge in [0.15, 0.2) is 11.5 Å². The maximum absolute atomic E-state index is 12.2. The lowest BCUT2D eigenvalue weighted by molar-refractivity contribution is -0.113. The van der Waals surface area contributed by atoms with Gasteiger partial charge in [-0.25, -0.2) is 4.98 Å². The number of rotatable bonds is 6. The van der Waals surface area contributed by atoms with Crippen molar-refractivity contribution in [2.75, 3.05) is 25.3 Å². The Morgan fingerprint density at radius 3 is 2.61 bits per heavy atom. The molecule has 0 radical (unpaired) electrons. The molecule has 0 fully saturated rings. The first kappa shape index (κ1) is 19.8.